The number of para-hydroxylation sites is 1. The van der Waals surface area contributed by atoms with Crippen LogP contribution in [0, 0.1) is 27.2 Å². The van der Waals surface area contributed by atoms with Crippen LogP contribution in [0.1, 0.15) is 6.42 Å². The normalized spacial score (nSPS) is 35.3. The summed E-state index contributed by atoms with van der Waals surface area (Å²) in [6.45, 7) is 0. The fourth-order valence-electron chi connectivity index (χ4n) is 3.77. The first-order chi connectivity index (χ1) is 9.18. The molecule has 4 heteroatoms. The Morgan fingerprint density at radius 1 is 1.00 bits per heavy atom. The van der Waals surface area contributed by atoms with E-state index in [1.807, 2.05) is 24.3 Å². The average molecular weight is 365 g/mol. The summed E-state index contributed by atoms with van der Waals surface area (Å²) in [7, 11) is 0. The number of benzene rings is 1. The van der Waals surface area contributed by atoms with Gasteiger partial charge in [-0.2, -0.15) is 0 Å². The molecule has 1 heterocycles. The number of hydrogen-bond acceptors (Lipinski definition) is 2. The third-order valence-corrected chi connectivity index (χ3v) is 5.48. The first-order valence-corrected chi connectivity index (χ1v) is 7.57. The number of imide groups is 1. The van der Waals surface area contributed by atoms with Gasteiger partial charge in [-0.25, -0.2) is 4.90 Å². The van der Waals surface area contributed by atoms with Crippen LogP contribution >= 0.6 is 22.6 Å². The number of anilines is 1. The van der Waals surface area contributed by atoms with Crippen molar-refractivity contribution in [2.24, 2.45) is 23.7 Å². The Kier molecular flexibility index (Phi) is 2.40. The molecule has 0 radical (unpaired) electrons. The summed E-state index contributed by atoms with van der Waals surface area (Å²) < 4.78 is 0.946. The van der Waals surface area contributed by atoms with Crippen molar-refractivity contribution in [3.8, 4) is 0 Å². The fraction of sp³-hybridized carbons (Fsp3) is 0.333. The largest absolute Gasteiger partial charge is 0.274 e. The minimum Gasteiger partial charge on any atom is -0.274 e. The Hall–Kier alpha value is -1.17. The molecular weight excluding hydrogens is 353 g/mol. The third kappa shape index (κ3) is 1.43. The van der Waals surface area contributed by atoms with Gasteiger partial charge in [0.05, 0.1) is 17.5 Å². The van der Waals surface area contributed by atoms with Crippen LogP contribution in [0.15, 0.2) is 36.4 Å². The maximum atomic E-state index is 12.6. The molecule has 0 unspecified atom stereocenters. The standard InChI is InChI=1S/C15H12INO2/c16-10-3-1-2-4-11(10)17-14(18)12-8-5-6-9(7-8)13(12)15(17)19/h1-6,8-9,12-13H,7H2/t8-,9+,12-,13-/m0/s1. The van der Waals surface area contributed by atoms with Gasteiger partial charge >= 0.3 is 0 Å². The highest BCUT2D eigenvalue weighted by atomic mass is 127. The number of nitrogens with zero attached hydrogens (tertiary/aromatic N) is 1. The number of rotatable bonds is 1. The van der Waals surface area contributed by atoms with Crippen molar-refractivity contribution in [3.63, 3.8) is 0 Å². The zero-order valence-electron chi connectivity index (χ0n) is 10.1. The van der Waals surface area contributed by atoms with Crippen LogP contribution in [0.25, 0.3) is 0 Å². The van der Waals surface area contributed by atoms with Gasteiger partial charge in [0, 0.05) is 3.57 Å². The summed E-state index contributed by atoms with van der Waals surface area (Å²) in [6.07, 6.45) is 5.22. The fourth-order valence-corrected chi connectivity index (χ4v) is 4.40. The lowest BCUT2D eigenvalue weighted by molar-refractivity contribution is -0.123. The number of carbonyl (C=O) groups is 2. The molecule has 2 aliphatic carbocycles. The zero-order valence-corrected chi connectivity index (χ0v) is 12.3. The maximum Gasteiger partial charge on any atom is 0.238 e. The van der Waals surface area contributed by atoms with Crippen LogP contribution in [-0.2, 0) is 9.59 Å². The number of allylic oxidation sites excluding steroid dienone is 2. The molecule has 2 amide bonds. The van der Waals surface area contributed by atoms with E-state index in [4.69, 9.17) is 0 Å². The van der Waals surface area contributed by atoms with E-state index in [1.165, 1.54) is 4.90 Å². The van der Waals surface area contributed by atoms with E-state index in [0.29, 0.717) is 0 Å². The summed E-state index contributed by atoms with van der Waals surface area (Å²) in [5, 5.41) is 0. The van der Waals surface area contributed by atoms with Crippen LogP contribution in [-0.4, -0.2) is 11.8 Å². The molecule has 1 aliphatic heterocycles. The molecule has 1 saturated heterocycles. The summed E-state index contributed by atoms with van der Waals surface area (Å²) in [6, 6.07) is 7.58. The van der Waals surface area contributed by atoms with E-state index in [1.54, 1.807) is 0 Å². The van der Waals surface area contributed by atoms with Crippen molar-refractivity contribution in [3.05, 3.63) is 40.0 Å². The van der Waals surface area contributed by atoms with Crippen molar-refractivity contribution in [1.82, 2.24) is 0 Å². The second-order valence-electron chi connectivity index (χ2n) is 5.46. The van der Waals surface area contributed by atoms with Gasteiger partial charge in [0.25, 0.3) is 0 Å². The Morgan fingerprint density at radius 2 is 1.58 bits per heavy atom. The van der Waals surface area contributed by atoms with Crippen molar-refractivity contribution < 1.29 is 9.59 Å². The second-order valence-corrected chi connectivity index (χ2v) is 6.63. The summed E-state index contributed by atoms with van der Waals surface area (Å²) in [4.78, 5) is 26.6. The number of carbonyl (C=O) groups excluding carboxylic acids is 2. The molecule has 4 rings (SSSR count). The Balaban J connectivity index is 1.79. The summed E-state index contributed by atoms with van der Waals surface area (Å²) >= 11 is 2.18. The van der Waals surface area contributed by atoms with Crippen LogP contribution < -0.4 is 4.90 Å². The molecule has 96 valence electrons. The Bertz CT molecular complexity index is 594. The van der Waals surface area contributed by atoms with E-state index < -0.39 is 0 Å². The lowest BCUT2D eigenvalue weighted by Crippen LogP contribution is -2.33. The van der Waals surface area contributed by atoms with Gasteiger partial charge in [0.2, 0.25) is 11.8 Å². The lowest BCUT2D eigenvalue weighted by atomic mass is 9.85. The third-order valence-electron chi connectivity index (χ3n) is 4.56. The summed E-state index contributed by atoms with van der Waals surface area (Å²) in [5.74, 6) is 0.319. The molecule has 2 fully saturated rings. The second kappa shape index (κ2) is 3.91. The molecule has 3 aliphatic rings. The van der Waals surface area contributed by atoms with E-state index in [-0.39, 0.29) is 35.5 Å². The quantitative estimate of drug-likeness (QED) is 0.436. The predicted molar refractivity (Wildman–Crippen MR) is 79.4 cm³/mol. The van der Waals surface area contributed by atoms with Gasteiger partial charge in [-0.15, -0.1) is 0 Å². The number of halogens is 1. The van der Waals surface area contributed by atoms with Crippen molar-refractivity contribution in [2.45, 2.75) is 6.42 Å². The van der Waals surface area contributed by atoms with E-state index in [2.05, 4.69) is 34.7 Å². The van der Waals surface area contributed by atoms with E-state index in [0.717, 1.165) is 15.7 Å². The van der Waals surface area contributed by atoms with Gasteiger partial charge in [-0.05, 0) is 53.0 Å². The van der Waals surface area contributed by atoms with Gasteiger partial charge in [-0.3, -0.25) is 9.59 Å². The summed E-state index contributed by atoms with van der Waals surface area (Å²) in [5.41, 5.74) is 0.743. The van der Waals surface area contributed by atoms with E-state index in [9.17, 15) is 9.59 Å². The SMILES string of the molecule is O=C1[C@@H]2[C@@H](C(=O)N1c1ccccc1I)[C@H]1C=C[C@@H]2C1. The van der Waals surface area contributed by atoms with Crippen LogP contribution in [0.4, 0.5) is 5.69 Å². The predicted octanol–water partition coefficient (Wildman–Crippen LogP) is 2.60. The molecular formula is C15H12INO2. The van der Waals surface area contributed by atoms with Gasteiger partial charge in [0.1, 0.15) is 0 Å². The molecule has 2 bridgehead atoms. The monoisotopic (exact) mass is 365 g/mol. The molecule has 0 N–H and O–H groups in total. The van der Waals surface area contributed by atoms with Crippen molar-refractivity contribution in [1.29, 1.82) is 0 Å². The molecule has 0 aromatic heterocycles. The van der Waals surface area contributed by atoms with Crippen LogP contribution in [0.2, 0.25) is 0 Å². The molecule has 4 atom stereocenters. The van der Waals surface area contributed by atoms with Crippen molar-refractivity contribution in [2.75, 3.05) is 4.90 Å². The van der Waals surface area contributed by atoms with Gasteiger partial charge in [-0.1, -0.05) is 24.3 Å². The van der Waals surface area contributed by atoms with E-state index >= 15 is 0 Å². The van der Waals surface area contributed by atoms with Crippen molar-refractivity contribution >= 4 is 40.1 Å². The highest BCUT2D eigenvalue weighted by Crippen LogP contribution is 2.53. The average Bonchev–Trinajstić information content (AvgIpc) is 3.06. The Morgan fingerprint density at radius 3 is 2.16 bits per heavy atom. The highest BCUT2D eigenvalue weighted by molar-refractivity contribution is 14.1. The van der Waals surface area contributed by atoms with Crippen LogP contribution in [0.3, 0.4) is 0 Å². The highest BCUT2D eigenvalue weighted by Gasteiger charge is 2.59. The Labute approximate surface area is 124 Å². The molecule has 1 saturated carbocycles. The lowest BCUT2D eigenvalue weighted by Gasteiger charge is -2.18. The van der Waals surface area contributed by atoms with Gasteiger partial charge in [0.15, 0.2) is 0 Å². The smallest absolute Gasteiger partial charge is 0.238 e. The number of hydrogen-bond donors (Lipinski definition) is 0. The zero-order chi connectivity index (χ0) is 13.1. The topological polar surface area (TPSA) is 37.4 Å². The first kappa shape index (κ1) is 11.6. The number of fused-ring (bicyclic) bond motifs is 5. The molecule has 1 aromatic carbocycles. The molecule has 1 aromatic rings. The molecule has 0 spiro atoms. The minimum atomic E-state index is -0.112. The maximum absolute atomic E-state index is 12.6. The van der Waals surface area contributed by atoms with Crippen LogP contribution in [0.5, 0.6) is 0 Å². The molecule has 19 heavy (non-hydrogen) atoms. The minimum absolute atomic E-state index is 0.00374. The first-order valence-electron chi connectivity index (χ1n) is 6.49. The van der Waals surface area contributed by atoms with Gasteiger partial charge < -0.3 is 0 Å². The number of amides is 2. The molecule has 3 nitrogen and oxygen atoms in total.